The lowest BCUT2D eigenvalue weighted by molar-refractivity contribution is 0.0542. The van der Waals surface area contributed by atoms with E-state index in [0.29, 0.717) is 24.6 Å². The molecular formula is C36H48N2O6. The highest BCUT2D eigenvalue weighted by Gasteiger charge is 2.33. The summed E-state index contributed by atoms with van der Waals surface area (Å²) in [7, 11) is 3.11. The first-order valence-corrected chi connectivity index (χ1v) is 16.1. The number of piperidine rings is 1. The molecule has 0 radical (unpaired) electrons. The van der Waals surface area contributed by atoms with Gasteiger partial charge in [0.05, 0.1) is 31.9 Å². The maximum Gasteiger partial charge on any atom is 0.419 e. The van der Waals surface area contributed by atoms with Gasteiger partial charge >= 0.3 is 12.1 Å². The molecule has 5 rings (SSSR count). The third-order valence-corrected chi connectivity index (χ3v) is 9.03. The van der Waals surface area contributed by atoms with Crippen LogP contribution in [0.25, 0.3) is 10.9 Å². The first kappa shape index (κ1) is 31.9. The number of likely N-dealkylation sites (tertiary alicyclic amines) is 1. The van der Waals surface area contributed by atoms with Crippen LogP contribution in [0.5, 0.6) is 11.5 Å². The zero-order valence-electron chi connectivity index (χ0n) is 27.2. The van der Waals surface area contributed by atoms with Gasteiger partial charge in [-0.3, -0.25) is 9.47 Å². The van der Waals surface area contributed by atoms with Crippen LogP contribution in [0.4, 0.5) is 4.79 Å². The highest BCUT2D eigenvalue weighted by Crippen LogP contribution is 2.43. The third kappa shape index (κ3) is 7.06. The molecule has 2 aromatic carbocycles. The van der Waals surface area contributed by atoms with Crippen molar-refractivity contribution >= 4 is 23.0 Å². The summed E-state index contributed by atoms with van der Waals surface area (Å²) >= 11 is 0. The van der Waals surface area contributed by atoms with Crippen LogP contribution in [-0.4, -0.2) is 54.5 Å². The first-order valence-electron chi connectivity index (χ1n) is 16.1. The van der Waals surface area contributed by atoms with Crippen LogP contribution in [0, 0.1) is 12.8 Å². The summed E-state index contributed by atoms with van der Waals surface area (Å²) in [6.07, 6.45) is 10.7. The number of methoxy groups -OCH3 is 2. The van der Waals surface area contributed by atoms with Gasteiger partial charge in [-0.1, -0.05) is 38.2 Å². The van der Waals surface area contributed by atoms with E-state index < -0.39 is 11.7 Å². The van der Waals surface area contributed by atoms with Crippen LogP contribution in [0.3, 0.4) is 0 Å². The van der Waals surface area contributed by atoms with Crippen molar-refractivity contribution in [2.24, 2.45) is 5.92 Å². The summed E-state index contributed by atoms with van der Waals surface area (Å²) < 4.78 is 24.7. The monoisotopic (exact) mass is 604 g/mol. The fraction of sp³-hybridized carbons (Fsp3) is 0.556. The van der Waals surface area contributed by atoms with Gasteiger partial charge in [0.1, 0.15) is 17.1 Å². The molecule has 1 aromatic heterocycles. The molecule has 8 heteroatoms. The highest BCUT2D eigenvalue weighted by atomic mass is 16.6. The number of nitrogens with zero attached hydrogens (tertiary/aromatic N) is 2. The smallest absolute Gasteiger partial charge is 0.419 e. The quantitative estimate of drug-likeness (QED) is 0.278. The number of ether oxygens (including phenoxy) is 4. The molecule has 0 unspecified atom stereocenters. The molecule has 2 aliphatic rings. The fourth-order valence-electron chi connectivity index (χ4n) is 6.86. The third-order valence-electron chi connectivity index (χ3n) is 9.03. The number of carbonyl (C=O) groups excluding carboxylic acids is 2. The summed E-state index contributed by atoms with van der Waals surface area (Å²) in [5.41, 5.74) is 3.84. The largest absolute Gasteiger partial charge is 0.496 e. The van der Waals surface area contributed by atoms with E-state index in [2.05, 4.69) is 11.0 Å². The Hall–Kier alpha value is -3.52. The van der Waals surface area contributed by atoms with Gasteiger partial charge in [0, 0.05) is 35.3 Å². The number of rotatable bonds is 4. The van der Waals surface area contributed by atoms with Crippen molar-refractivity contribution in [3.8, 4) is 11.5 Å². The van der Waals surface area contributed by atoms with Gasteiger partial charge in [0.25, 0.3) is 0 Å². The molecule has 3 heterocycles. The van der Waals surface area contributed by atoms with Crippen molar-refractivity contribution in [2.45, 2.75) is 97.2 Å². The number of esters is 1. The number of carbonyl (C=O) groups is 2. The summed E-state index contributed by atoms with van der Waals surface area (Å²) in [5, 5.41) is 0.983. The van der Waals surface area contributed by atoms with E-state index in [1.165, 1.54) is 32.8 Å². The second-order valence-electron chi connectivity index (χ2n) is 13.3. The second-order valence-corrected chi connectivity index (χ2v) is 13.3. The molecule has 2 bridgehead atoms. The predicted octanol–water partition coefficient (Wildman–Crippen LogP) is 8.21. The Kier molecular flexibility index (Phi) is 9.88. The minimum Gasteiger partial charge on any atom is -0.496 e. The van der Waals surface area contributed by atoms with Gasteiger partial charge in [0.2, 0.25) is 0 Å². The molecule has 0 aliphatic carbocycles. The molecule has 2 aliphatic heterocycles. The van der Waals surface area contributed by atoms with Crippen molar-refractivity contribution in [1.29, 1.82) is 0 Å². The standard InChI is InChI=1S/C36H48N2O6/c1-24-20-31(41-5)29(27-16-18-38(33(24)27)35(40)44-36(2,3)4)23-37-17-15-25-12-10-8-7-9-11-19-43-32-22-26(34(39)42-6)13-14-28(32)30(37)21-25/h13-14,16,18,20,22,25,30H,7-12,15,17,19,21,23H2,1-6H3/t25-,30+/m1/s1. The van der Waals surface area contributed by atoms with E-state index in [0.717, 1.165) is 71.3 Å². The second kappa shape index (κ2) is 13.6. The molecule has 2 atom stereocenters. The van der Waals surface area contributed by atoms with Crippen molar-refractivity contribution in [2.75, 3.05) is 27.4 Å². The highest BCUT2D eigenvalue weighted by molar-refractivity contribution is 5.95. The normalized spacial score (nSPS) is 20.0. The van der Waals surface area contributed by atoms with E-state index in [4.69, 9.17) is 18.9 Å². The van der Waals surface area contributed by atoms with Gasteiger partial charge in [-0.25, -0.2) is 9.59 Å². The van der Waals surface area contributed by atoms with Gasteiger partial charge in [-0.15, -0.1) is 0 Å². The number of fused-ring (bicyclic) bond motifs is 5. The van der Waals surface area contributed by atoms with E-state index in [9.17, 15) is 9.59 Å². The van der Waals surface area contributed by atoms with Gasteiger partial charge < -0.3 is 18.9 Å². The van der Waals surface area contributed by atoms with Crippen LogP contribution in [0.1, 0.15) is 105 Å². The van der Waals surface area contributed by atoms with Crippen molar-refractivity contribution < 1.29 is 28.5 Å². The molecule has 1 saturated heterocycles. The zero-order chi connectivity index (χ0) is 31.4. The number of aromatic nitrogens is 1. The molecule has 0 spiro atoms. The van der Waals surface area contributed by atoms with Crippen LogP contribution < -0.4 is 9.47 Å². The molecule has 44 heavy (non-hydrogen) atoms. The lowest BCUT2D eigenvalue weighted by Crippen LogP contribution is -2.37. The molecule has 8 nitrogen and oxygen atoms in total. The summed E-state index contributed by atoms with van der Waals surface area (Å²) in [5.74, 6) is 1.83. The molecule has 238 valence electrons. The molecular weight excluding hydrogens is 556 g/mol. The minimum absolute atomic E-state index is 0.102. The number of benzene rings is 2. The lowest BCUT2D eigenvalue weighted by Gasteiger charge is -2.41. The van der Waals surface area contributed by atoms with Crippen LogP contribution in [0.15, 0.2) is 36.5 Å². The molecule has 0 amide bonds. The Morgan fingerprint density at radius 1 is 1.00 bits per heavy atom. The van der Waals surface area contributed by atoms with Gasteiger partial charge in [0.15, 0.2) is 0 Å². The van der Waals surface area contributed by atoms with Gasteiger partial charge in [-0.05, 0) is 89.2 Å². The van der Waals surface area contributed by atoms with Crippen LogP contribution in [0.2, 0.25) is 0 Å². The van der Waals surface area contributed by atoms with Crippen LogP contribution >= 0.6 is 0 Å². The Morgan fingerprint density at radius 2 is 1.77 bits per heavy atom. The summed E-state index contributed by atoms with van der Waals surface area (Å²) in [4.78, 5) is 28.2. The fourth-order valence-corrected chi connectivity index (χ4v) is 6.86. The number of hydrogen-bond donors (Lipinski definition) is 0. The Morgan fingerprint density at radius 3 is 2.52 bits per heavy atom. The lowest BCUT2D eigenvalue weighted by atomic mass is 9.83. The molecule has 3 aromatic rings. The van der Waals surface area contributed by atoms with Gasteiger partial charge in [-0.2, -0.15) is 0 Å². The van der Waals surface area contributed by atoms with Crippen molar-refractivity contribution in [3.63, 3.8) is 0 Å². The average Bonchev–Trinajstić information content (AvgIpc) is 3.45. The van der Waals surface area contributed by atoms with Crippen molar-refractivity contribution in [1.82, 2.24) is 9.47 Å². The Labute approximate surface area is 261 Å². The number of hydrogen-bond acceptors (Lipinski definition) is 7. The number of aryl methyl sites for hydroxylation is 1. The van der Waals surface area contributed by atoms with E-state index in [-0.39, 0.29) is 12.0 Å². The maximum absolute atomic E-state index is 13.2. The topological polar surface area (TPSA) is 79.2 Å². The SMILES string of the molecule is COC(=O)c1ccc2c(c1)OCCCCCCC[C@@H]1CCN(Cc3c(OC)cc(C)c4c3ccn4C(=O)OC(C)(C)C)[C@H]2C1. The molecule has 1 fully saturated rings. The summed E-state index contributed by atoms with van der Waals surface area (Å²) in [6, 6.07) is 9.90. The molecule has 0 saturated carbocycles. The predicted molar refractivity (Wildman–Crippen MR) is 172 cm³/mol. The Balaban J connectivity index is 1.56. The van der Waals surface area contributed by atoms with Crippen LogP contribution in [-0.2, 0) is 16.0 Å². The van der Waals surface area contributed by atoms with Crippen molar-refractivity contribution in [3.05, 3.63) is 58.8 Å². The van der Waals surface area contributed by atoms with E-state index >= 15 is 0 Å². The van der Waals surface area contributed by atoms with E-state index in [1.54, 1.807) is 17.9 Å². The molecule has 0 N–H and O–H groups in total. The maximum atomic E-state index is 13.2. The summed E-state index contributed by atoms with van der Waals surface area (Å²) in [6.45, 7) is 9.83. The zero-order valence-corrected chi connectivity index (χ0v) is 27.2. The van der Waals surface area contributed by atoms with E-state index in [1.807, 2.05) is 52.0 Å². The minimum atomic E-state index is -0.600. The average molecular weight is 605 g/mol. The first-order chi connectivity index (χ1) is 21.1. The Bertz CT molecular complexity index is 1490.